The molecule has 32 heavy (non-hydrogen) atoms. The van der Waals surface area contributed by atoms with E-state index in [1.54, 1.807) is 0 Å². The molecule has 0 atom stereocenters. The van der Waals surface area contributed by atoms with Gasteiger partial charge in [0.25, 0.3) is 0 Å². The highest BCUT2D eigenvalue weighted by atomic mass is 16.5. The summed E-state index contributed by atoms with van der Waals surface area (Å²) in [5, 5.41) is 0. The number of rotatable bonds is 8. The van der Waals surface area contributed by atoms with Crippen molar-refractivity contribution in [3.8, 4) is 28.7 Å². The fraction of sp³-hybridized carbons (Fsp3) is 0.267. The van der Waals surface area contributed by atoms with Crippen molar-refractivity contribution in [2.45, 2.75) is 33.9 Å². The second kappa shape index (κ2) is 11.4. The lowest BCUT2D eigenvalue weighted by atomic mass is 9.98. The number of ether oxygens (including phenoxy) is 1. The van der Waals surface area contributed by atoms with Gasteiger partial charge in [-0.05, 0) is 74.3 Å². The van der Waals surface area contributed by atoms with Gasteiger partial charge in [-0.15, -0.1) is 0 Å². The van der Waals surface area contributed by atoms with Crippen LogP contribution in [0.3, 0.4) is 0 Å². The van der Waals surface area contributed by atoms with Gasteiger partial charge in [0.05, 0.1) is 0 Å². The van der Waals surface area contributed by atoms with Crippen LogP contribution in [0.15, 0.2) is 91.0 Å². The smallest absolute Gasteiger partial charge is 0.120 e. The SMILES string of the molecule is CN(C/C=C/C#CC(C)(C)C)Cc1cccc(OCc2cccc(-c3ccccc3)c2)c1. The standard InChI is InChI=1S/C30H33NO/c1-30(2,3)19-9-6-10-20-31(4)23-25-13-12-18-29(22-25)32-24-26-14-11-17-28(21-26)27-15-7-5-8-16-27/h5-8,10-18,21-22H,20,23-24H2,1-4H3/b10-6+. The van der Waals surface area contributed by atoms with Crippen LogP contribution in [-0.2, 0) is 13.2 Å². The Morgan fingerprint density at radius 3 is 2.34 bits per heavy atom. The molecule has 2 heteroatoms. The Morgan fingerprint density at radius 2 is 1.56 bits per heavy atom. The summed E-state index contributed by atoms with van der Waals surface area (Å²) in [7, 11) is 2.12. The molecule has 0 spiro atoms. The summed E-state index contributed by atoms with van der Waals surface area (Å²) in [6.07, 6.45) is 4.06. The van der Waals surface area contributed by atoms with E-state index in [1.165, 1.54) is 16.7 Å². The third-order valence-corrected chi connectivity index (χ3v) is 4.86. The van der Waals surface area contributed by atoms with Gasteiger partial charge in [0.15, 0.2) is 0 Å². The first kappa shape index (κ1) is 23.4. The predicted octanol–water partition coefficient (Wildman–Crippen LogP) is 6.97. The van der Waals surface area contributed by atoms with Crippen LogP contribution < -0.4 is 4.74 Å². The number of likely N-dealkylation sites (N-methyl/N-ethyl adjacent to an activating group) is 1. The molecule has 0 heterocycles. The van der Waals surface area contributed by atoms with Crippen molar-refractivity contribution in [2.75, 3.05) is 13.6 Å². The summed E-state index contributed by atoms with van der Waals surface area (Å²) in [5.74, 6) is 7.24. The van der Waals surface area contributed by atoms with Gasteiger partial charge in [0.1, 0.15) is 12.4 Å². The summed E-state index contributed by atoms with van der Waals surface area (Å²) in [6, 6.07) is 27.3. The highest BCUT2D eigenvalue weighted by Gasteiger charge is 2.04. The Labute approximate surface area is 193 Å². The minimum atomic E-state index is 0.0412. The van der Waals surface area contributed by atoms with E-state index in [4.69, 9.17) is 4.74 Å². The van der Waals surface area contributed by atoms with Gasteiger partial charge < -0.3 is 4.74 Å². The number of hydrogen-bond donors (Lipinski definition) is 0. The molecule has 0 saturated carbocycles. The van der Waals surface area contributed by atoms with Gasteiger partial charge in [-0.1, -0.05) is 78.6 Å². The fourth-order valence-electron chi connectivity index (χ4n) is 3.30. The van der Waals surface area contributed by atoms with E-state index < -0.39 is 0 Å². The molecule has 3 rings (SSSR count). The maximum atomic E-state index is 6.10. The van der Waals surface area contributed by atoms with Crippen molar-refractivity contribution in [3.05, 3.63) is 102 Å². The lowest BCUT2D eigenvalue weighted by Gasteiger charge is -2.15. The molecule has 0 unspecified atom stereocenters. The van der Waals surface area contributed by atoms with Gasteiger partial charge in [0, 0.05) is 18.5 Å². The number of nitrogens with zero attached hydrogens (tertiary/aromatic N) is 1. The van der Waals surface area contributed by atoms with E-state index in [1.807, 2.05) is 18.2 Å². The van der Waals surface area contributed by atoms with Gasteiger partial charge >= 0.3 is 0 Å². The van der Waals surface area contributed by atoms with Crippen LogP contribution in [0.5, 0.6) is 5.75 Å². The van der Waals surface area contributed by atoms with Crippen LogP contribution in [0.1, 0.15) is 31.9 Å². The largest absolute Gasteiger partial charge is 0.489 e. The number of allylic oxidation sites excluding steroid dienone is 1. The summed E-state index contributed by atoms with van der Waals surface area (Å²) in [4.78, 5) is 2.26. The van der Waals surface area contributed by atoms with E-state index in [-0.39, 0.29) is 5.41 Å². The van der Waals surface area contributed by atoms with Crippen molar-refractivity contribution in [1.29, 1.82) is 0 Å². The molecule has 0 aromatic heterocycles. The summed E-state index contributed by atoms with van der Waals surface area (Å²) in [5.41, 5.74) is 4.87. The Hall–Kier alpha value is -3.28. The fourth-order valence-corrected chi connectivity index (χ4v) is 3.30. The first-order chi connectivity index (χ1) is 15.4. The molecule has 0 fully saturated rings. The lowest BCUT2D eigenvalue weighted by molar-refractivity contribution is 0.304. The van der Waals surface area contributed by atoms with Gasteiger partial charge in [0.2, 0.25) is 0 Å². The van der Waals surface area contributed by atoms with E-state index >= 15 is 0 Å². The van der Waals surface area contributed by atoms with Gasteiger partial charge in [-0.25, -0.2) is 0 Å². The van der Waals surface area contributed by atoms with Crippen molar-refractivity contribution in [2.24, 2.45) is 5.41 Å². The minimum absolute atomic E-state index is 0.0412. The molecular weight excluding hydrogens is 390 g/mol. The average Bonchev–Trinajstić information content (AvgIpc) is 2.78. The zero-order valence-corrected chi connectivity index (χ0v) is 19.6. The lowest BCUT2D eigenvalue weighted by Crippen LogP contribution is -2.17. The first-order valence-electron chi connectivity index (χ1n) is 11.1. The molecule has 0 N–H and O–H groups in total. The molecule has 0 aliphatic carbocycles. The Morgan fingerprint density at radius 1 is 0.844 bits per heavy atom. The number of hydrogen-bond acceptors (Lipinski definition) is 2. The van der Waals surface area contributed by atoms with E-state index in [2.05, 4.69) is 117 Å². The Bertz CT molecular complexity index is 1080. The minimum Gasteiger partial charge on any atom is -0.489 e. The molecule has 164 valence electrons. The van der Waals surface area contributed by atoms with Crippen molar-refractivity contribution >= 4 is 0 Å². The average molecular weight is 424 g/mol. The van der Waals surface area contributed by atoms with E-state index in [9.17, 15) is 0 Å². The molecule has 3 aromatic carbocycles. The molecule has 0 bridgehead atoms. The molecule has 3 aromatic rings. The summed E-state index contributed by atoms with van der Waals surface area (Å²) < 4.78 is 6.10. The van der Waals surface area contributed by atoms with Gasteiger partial charge in [-0.3, -0.25) is 4.90 Å². The zero-order valence-electron chi connectivity index (χ0n) is 19.6. The zero-order chi connectivity index (χ0) is 22.8. The monoisotopic (exact) mass is 423 g/mol. The Balaban J connectivity index is 1.54. The second-order valence-corrected chi connectivity index (χ2v) is 9.12. The van der Waals surface area contributed by atoms with Crippen molar-refractivity contribution in [3.63, 3.8) is 0 Å². The number of benzene rings is 3. The Kier molecular flexibility index (Phi) is 8.31. The highest BCUT2D eigenvalue weighted by molar-refractivity contribution is 5.63. The molecule has 0 saturated heterocycles. The quantitative estimate of drug-likeness (QED) is 0.363. The van der Waals surface area contributed by atoms with Crippen LogP contribution in [-0.4, -0.2) is 18.5 Å². The predicted molar refractivity (Wildman–Crippen MR) is 135 cm³/mol. The second-order valence-electron chi connectivity index (χ2n) is 9.12. The molecule has 0 radical (unpaired) electrons. The van der Waals surface area contributed by atoms with Crippen molar-refractivity contribution in [1.82, 2.24) is 4.90 Å². The summed E-state index contributed by atoms with van der Waals surface area (Å²) in [6.45, 7) is 8.63. The van der Waals surface area contributed by atoms with Gasteiger partial charge in [-0.2, -0.15) is 0 Å². The van der Waals surface area contributed by atoms with Crippen LogP contribution in [0.2, 0.25) is 0 Å². The maximum Gasteiger partial charge on any atom is 0.120 e. The van der Waals surface area contributed by atoms with Crippen LogP contribution in [0, 0.1) is 17.3 Å². The van der Waals surface area contributed by atoms with E-state index in [0.717, 1.165) is 24.4 Å². The normalized spacial score (nSPS) is 11.4. The molecule has 0 aliphatic rings. The van der Waals surface area contributed by atoms with Crippen molar-refractivity contribution < 1.29 is 4.74 Å². The third kappa shape index (κ3) is 8.10. The first-order valence-corrected chi connectivity index (χ1v) is 11.1. The molecule has 0 amide bonds. The highest BCUT2D eigenvalue weighted by Crippen LogP contribution is 2.21. The van der Waals surface area contributed by atoms with E-state index in [0.29, 0.717) is 6.61 Å². The maximum absolute atomic E-state index is 6.10. The third-order valence-electron chi connectivity index (χ3n) is 4.86. The molecule has 0 aliphatic heterocycles. The van der Waals surface area contributed by atoms with Crippen LogP contribution in [0.25, 0.3) is 11.1 Å². The molecular formula is C30H33NO. The van der Waals surface area contributed by atoms with Crippen LogP contribution in [0.4, 0.5) is 0 Å². The summed E-state index contributed by atoms with van der Waals surface area (Å²) >= 11 is 0. The topological polar surface area (TPSA) is 12.5 Å². The van der Waals surface area contributed by atoms with Crippen LogP contribution >= 0.6 is 0 Å². The molecule has 2 nitrogen and oxygen atoms in total.